The van der Waals surface area contributed by atoms with Crippen LogP contribution in [-0.2, 0) is 16.1 Å². The molecule has 1 aliphatic heterocycles. The molecule has 1 unspecified atom stereocenters. The molecule has 2 aromatic heterocycles. The van der Waals surface area contributed by atoms with Crippen molar-refractivity contribution >= 4 is 27.4 Å². The van der Waals surface area contributed by atoms with Gasteiger partial charge in [-0.15, -0.1) is 11.3 Å². The number of benzene rings is 1. The molecule has 1 aromatic carbocycles. The SMILES string of the molecule is CCC1COCCN1c1nc(COC)nc2scc(-c3ccccc3)c12. The first kappa shape index (κ1) is 17.4. The number of hydrogen-bond acceptors (Lipinski definition) is 6. The standard InChI is InChI=1S/C20H23N3O2S/c1-3-15-11-25-10-9-23(15)19-18-16(14-7-5-4-6-8-14)13-26-20(18)22-17(21-19)12-24-2/h4-8,13,15H,3,9-12H2,1-2H3. The van der Waals surface area contributed by atoms with E-state index < -0.39 is 0 Å². The molecule has 4 rings (SSSR count). The summed E-state index contributed by atoms with van der Waals surface area (Å²) in [5.74, 6) is 1.75. The Morgan fingerprint density at radius 3 is 2.88 bits per heavy atom. The summed E-state index contributed by atoms with van der Waals surface area (Å²) in [5.41, 5.74) is 2.40. The van der Waals surface area contributed by atoms with E-state index in [1.54, 1.807) is 18.4 Å². The van der Waals surface area contributed by atoms with E-state index in [9.17, 15) is 0 Å². The third kappa shape index (κ3) is 3.20. The van der Waals surface area contributed by atoms with Crippen LogP contribution in [0.25, 0.3) is 21.3 Å². The maximum atomic E-state index is 5.70. The second-order valence-corrected chi connectivity index (χ2v) is 7.28. The molecule has 0 saturated carbocycles. The van der Waals surface area contributed by atoms with Gasteiger partial charge in [0.15, 0.2) is 5.82 Å². The number of aromatic nitrogens is 2. The Hall–Kier alpha value is -2.02. The molecule has 6 heteroatoms. The van der Waals surface area contributed by atoms with Crippen molar-refractivity contribution < 1.29 is 9.47 Å². The minimum absolute atomic E-state index is 0.334. The number of thiophene rings is 1. The first-order valence-corrected chi connectivity index (χ1v) is 9.86. The van der Waals surface area contributed by atoms with Gasteiger partial charge in [-0.1, -0.05) is 37.3 Å². The molecular formula is C20H23N3O2S. The van der Waals surface area contributed by atoms with Crippen LogP contribution in [0.5, 0.6) is 0 Å². The summed E-state index contributed by atoms with van der Waals surface area (Å²) in [4.78, 5) is 13.1. The molecule has 26 heavy (non-hydrogen) atoms. The number of methoxy groups -OCH3 is 1. The molecule has 3 aromatic rings. The Balaban J connectivity index is 1.91. The molecule has 1 fully saturated rings. The molecule has 0 N–H and O–H groups in total. The van der Waals surface area contributed by atoms with Crippen LogP contribution in [0.15, 0.2) is 35.7 Å². The summed E-state index contributed by atoms with van der Waals surface area (Å²) in [5, 5.41) is 3.33. The van der Waals surface area contributed by atoms with E-state index in [1.165, 1.54) is 11.1 Å². The van der Waals surface area contributed by atoms with Gasteiger partial charge in [0, 0.05) is 24.6 Å². The van der Waals surface area contributed by atoms with Crippen LogP contribution in [0, 0.1) is 0 Å². The minimum Gasteiger partial charge on any atom is -0.377 e. The van der Waals surface area contributed by atoms with Gasteiger partial charge in [-0.25, -0.2) is 9.97 Å². The van der Waals surface area contributed by atoms with Gasteiger partial charge >= 0.3 is 0 Å². The maximum absolute atomic E-state index is 5.70. The Morgan fingerprint density at radius 2 is 2.12 bits per heavy atom. The van der Waals surface area contributed by atoms with E-state index in [2.05, 4.69) is 41.5 Å². The van der Waals surface area contributed by atoms with E-state index in [0.29, 0.717) is 12.6 Å². The number of ether oxygens (including phenoxy) is 2. The fraction of sp³-hybridized carbons (Fsp3) is 0.400. The number of morpholine rings is 1. The zero-order valence-corrected chi connectivity index (χ0v) is 16.0. The van der Waals surface area contributed by atoms with Crippen molar-refractivity contribution in [3.8, 4) is 11.1 Å². The van der Waals surface area contributed by atoms with Crippen LogP contribution in [0.3, 0.4) is 0 Å². The first-order chi connectivity index (χ1) is 12.8. The zero-order chi connectivity index (χ0) is 17.9. The van der Waals surface area contributed by atoms with Crippen molar-refractivity contribution in [1.82, 2.24) is 9.97 Å². The lowest BCUT2D eigenvalue weighted by Crippen LogP contribution is -2.45. The van der Waals surface area contributed by atoms with Crippen LogP contribution in [0.2, 0.25) is 0 Å². The fourth-order valence-electron chi connectivity index (χ4n) is 3.47. The third-order valence-electron chi connectivity index (χ3n) is 4.79. The highest BCUT2D eigenvalue weighted by atomic mass is 32.1. The fourth-order valence-corrected chi connectivity index (χ4v) is 4.43. The number of anilines is 1. The molecule has 0 radical (unpaired) electrons. The van der Waals surface area contributed by atoms with Gasteiger partial charge < -0.3 is 14.4 Å². The number of fused-ring (bicyclic) bond motifs is 1. The van der Waals surface area contributed by atoms with E-state index in [-0.39, 0.29) is 0 Å². The molecule has 1 saturated heterocycles. The molecular weight excluding hydrogens is 346 g/mol. The van der Waals surface area contributed by atoms with E-state index in [4.69, 9.17) is 19.4 Å². The van der Waals surface area contributed by atoms with Gasteiger partial charge in [-0.05, 0) is 12.0 Å². The zero-order valence-electron chi connectivity index (χ0n) is 15.1. The average Bonchev–Trinajstić information content (AvgIpc) is 3.12. The summed E-state index contributed by atoms with van der Waals surface area (Å²) < 4.78 is 11.0. The highest BCUT2D eigenvalue weighted by Crippen LogP contribution is 2.39. The quantitative estimate of drug-likeness (QED) is 0.677. The molecule has 1 atom stereocenters. The normalized spacial score (nSPS) is 17.8. The predicted molar refractivity (Wildman–Crippen MR) is 106 cm³/mol. The number of hydrogen-bond donors (Lipinski definition) is 0. The van der Waals surface area contributed by atoms with Crippen LogP contribution in [-0.4, -0.2) is 42.9 Å². The van der Waals surface area contributed by atoms with Crippen LogP contribution in [0.4, 0.5) is 5.82 Å². The minimum atomic E-state index is 0.334. The molecule has 0 bridgehead atoms. The van der Waals surface area contributed by atoms with Gasteiger partial charge in [0.2, 0.25) is 0 Å². The lowest BCUT2D eigenvalue weighted by atomic mass is 10.0. The highest BCUT2D eigenvalue weighted by Gasteiger charge is 2.27. The van der Waals surface area contributed by atoms with Crippen molar-refractivity contribution in [3.05, 3.63) is 41.5 Å². The van der Waals surface area contributed by atoms with Crippen molar-refractivity contribution in [1.29, 1.82) is 0 Å². The van der Waals surface area contributed by atoms with Gasteiger partial charge in [0.25, 0.3) is 0 Å². The first-order valence-electron chi connectivity index (χ1n) is 8.98. The Labute approximate surface area is 157 Å². The Bertz CT molecular complexity index is 881. The van der Waals surface area contributed by atoms with E-state index in [0.717, 1.165) is 48.0 Å². The van der Waals surface area contributed by atoms with Crippen molar-refractivity contribution in [2.75, 3.05) is 31.8 Å². The smallest absolute Gasteiger partial charge is 0.158 e. The van der Waals surface area contributed by atoms with Gasteiger partial charge in [0.1, 0.15) is 17.3 Å². The van der Waals surface area contributed by atoms with Crippen LogP contribution < -0.4 is 4.90 Å². The third-order valence-corrected chi connectivity index (χ3v) is 5.66. The topological polar surface area (TPSA) is 47.5 Å². The van der Waals surface area contributed by atoms with E-state index in [1.807, 2.05) is 6.07 Å². The summed E-state index contributed by atoms with van der Waals surface area (Å²) in [7, 11) is 1.68. The summed E-state index contributed by atoms with van der Waals surface area (Å²) >= 11 is 1.67. The highest BCUT2D eigenvalue weighted by molar-refractivity contribution is 7.17. The van der Waals surface area contributed by atoms with E-state index >= 15 is 0 Å². The van der Waals surface area contributed by atoms with Gasteiger partial charge in [-0.3, -0.25) is 0 Å². The van der Waals surface area contributed by atoms with Crippen molar-refractivity contribution in [3.63, 3.8) is 0 Å². The van der Waals surface area contributed by atoms with Gasteiger partial charge in [-0.2, -0.15) is 0 Å². The van der Waals surface area contributed by atoms with Crippen LogP contribution >= 0.6 is 11.3 Å². The summed E-state index contributed by atoms with van der Waals surface area (Å²) in [6.07, 6.45) is 1.02. The Kier molecular flexibility index (Phi) is 5.15. The van der Waals surface area contributed by atoms with Crippen LogP contribution in [0.1, 0.15) is 19.2 Å². The second-order valence-electron chi connectivity index (χ2n) is 6.42. The monoisotopic (exact) mass is 369 g/mol. The van der Waals surface area contributed by atoms with Gasteiger partial charge in [0.05, 0.1) is 24.6 Å². The Morgan fingerprint density at radius 1 is 1.27 bits per heavy atom. The number of rotatable bonds is 5. The second kappa shape index (κ2) is 7.70. The summed E-state index contributed by atoms with van der Waals surface area (Å²) in [6, 6.07) is 10.8. The molecule has 136 valence electrons. The molecule has 0 aliphatic carbocycles. The summed E-state index contributed by atoms with van der Waals surface area (Å²) in [6.45, 7) is 4.94. The average molecular weight is 369 g/mol. The number of nitrogens with zero attached hydrogens (tertiary/aromatic N) is 3. The maximum Gasteiger partial charge on any atom is 0.158 e. The lowest BCUT2D eigenvalue weighted by Gasteiger charge is -2.36. The van der Waals surface area contributed by atoms with Crippen molar-refractivity contribution in [2.24, 2.45) is 0 Å². The molecule has 3 heterocycles. The lowest BCUT2D eigenvalue weighted by molar-refractivity contribution is 0.0926. The largest absolute Gasteiger partial charge is 0.377 e. The van der Waals surface area contributed by atoms with Crippen molar-refractivity contribution in [2.45, 2.75) is 26.0 Å². The predicted octanol–water partition coefficient (Wildman–Crippen LogP) is 4.12. The molecule has 5 nitrogen and oxygen atoms in total. The molecule has 0 spiro atoms. The molecule has 0 amide bonds. The molecule has 1 aliphatic rings.